The monoisotopic (exact) mass is 374 g/mol. The molecule has 0 aromatic heterocycles. The zero-order valence-electron chi connectivity index (χ0n) is 11.7. The number of benzene rings is 2. The molecule has 0 atom stereocenters. The van der Waals surface area contributed by atoms with Crippen LogP contribution >= 0.6 is 0 Å². The number of alkyl halides is 10. The highest BCUT2D eigenvalue weighted by molar-refractivity contribution is 6.40. The first-order valence-corrected chi connectivity index (χ1v) is 6.33. The van der Waals surface area contributed by atoms with Crippen LogP contribution in [0.4, 0.5) is 43.9 Å². The lowest BCUT2D eigenvalue weighted by atomic mass is 9.78. The summed E-state index contributed by atoms with van der Waals surface area (Å²) in [4.78, 5) is 0. The van der Waals surface area contributed by atoms with Crippen LogP contribution in [0.5, 0.6) is 0 Å². The van der Waals surface area contributed by atoms with Crippen LogP contribution in [0.15, 0.2) is 30.3 Å². The molecule has 0 aliphatic rings. The fraction of sp³-hybridized carbons (Fsp3) is 0.286. The average Bonchev–Trinajstić information content (AvgIpc) is 2.44. The van der Waals surface area contributed by atoms with Gasteiger partial charge in [0, 0.05) is 11.1 Å². The summed E-state index contributed by atoms with van der Waals surface area (Å²) in [6.45, 7) is 0. The summed E-state index contributed by atoms with van der Waals surface area (Å²) in [7, 11) is 5.16. The van der Waals surface area contributed by atoms with Crippen molar-refractivity contribution in [3.05, 3.63) is 41.5 Å². The van der Waals surface area contributed by atoms with Gasteiger partial charge in [0.15, 0.2) is 0 Å². The first-order chi connectivity index (χ1) is 11.1. The topological polar surface area (TPSA) is 0 Å². The molecule has 0 amide bonds. The van der Waals surface area contributed by atoms with Crippen molar-refractivity contribution >= 4 is 24.1 Å². The minimum Gasteiger partial charge on any atom is -0.191 e. The molecule has 0 saturated heterocycles. The molecule has 0 unspecified atom stereocenters. The highest BCUT2D eigenvalue weighted by atomic mass is 19.4. The quantitative estimate of drug-likeness (QED) is 0.516. The van der Waals surface area contributed by atoms with Gasteiger partial charge in [-0.3, -0.25) is 0 Å². The van der Waals surface area contributed by atoms with E-state index in [9.17, 15) is 43.9 Å². The fourth-order valence-corrected chi connectivity index (χ4v) is 2.26. The highest BCUT2D eigenvalue weighted by Crippen LogP contribution is 2.51. The Morgan fingerprint density at radius 3 is 1.64 bits per heavy atom. The van der Waals surface area contributed by atoms with E-state index in [1.54, 1.807) is 0 Å². The minimum atomic E-state index is -6.43. The maximum absolute atomic E-state index is 13.7. The summed E-state index contributed by atoms with van der Waals surface area (Å²) >= 11 is 0. The molecule has 0 bridgehead atoms. The molecular formula is C14H5BF10. The van der Waals surface area contributed by atoms with Gasteiger partial charge in [-0.05, 0) is 16.8 Å². The van der Waals surface area contributed by atoms with Crippen LogP contribution < -0.4 is 5.46 Å². The summed E-state index contributed by atoms with van der Waals surface area (Å²) in [5.74, 6) is -12.0. The smallest absolute Gasteiger partial charge is 0.191 e. The molecule has 2 rings (SSSR count). The number of rotatable bonds is 2. The summed E-state index contributed by atoms with van der Waals surface area (Å²) < 4.78 is 130. The van der Waals surface area contributed by atoms with Gasteiger partial charge in [-0.2, -0.15) is 43.9 Å². The Kier molecular flexibility index (Phi) is 4.29. The number of fused-ring (bicyclic) bond motifs is 1. The molecule has 2 aromatic carbocycles. The van der Waals surface area contributed by atoms with Crippen molar-refractivity contribution in [2.45, 2.75) is 24.2 Å². The molecule has 0 nitrogen and oxygen atoms in total. The summed E-state index contributed by atoms with van der Waals surface area (Å²) in [6.07, 6.45) is -12.8. The standard InChI is InChI=1S/C14H5BF10/c15-10-7-4-2-1-3-6(7)5-8(11(16,17)13(20,21)22)9(10)12(18,19)14(23,24)25/h1-5H. The van der Waals surface area contributed by atoms with Crippen LogP contribution in [-0.4, -0.2) is 20.2 Å². The van der Waals surface area contributed by atoms with Crippen molar-refractivity contribution in [3.8, 4) is 0 Å². The Morgan fingerprint density at radius 2 is 1.16 bits per heavy atom. The second-order valence-corrected chi connectivity index (χ2v) is 5.08. The molecule has 2 radical (unpaired) electrons. The Balaban J connectivity index is 3.01. The Hall–Kier alpha value is -1.94. The van der Waals surface area contributed by atoms with Crippen LogP contribution in [-0.2, 0) is 11.8 Å². The van der Waals surface area contributed by atoms with Crippen LogP contribution in [0.1, 0.15) is 11.1 Å². The van der Waals surface area contributed by atoms with Crippen LogP contribution in [0.2, 0.25) is 0 Å². The summed E-state index contributed by atoms with van der Waals surface area (Å²) in [5, 5.41) is -0.955. The van der Waals surface area contributed by atoms with Crippen molar-refractivity contribution in [1.29, 1.82) is 0 Å². The zero-order valence-corrected chi connectivity index (χ0v) is 11.7. The van der Waals surface area contributed by atoms with E-state index in [1.807, 2.05) is 0 Å². The summed E-state index contributed by atoms with van der Waals surface area (Å²) in [5.41, 5.74) is -6.65. The van der Waals surface area contributed by atoms with Gasteiger partial charge in [0.05, 0.1) is 0 Å². The van der Waals surface area contributed by atoms with Crippen molar-refractivity contribution in [1.82, 2.24) is 0 Å². The molecule has 0 fully saturated rings. The van der Waals surface area contributed by atoms with Gasteiger partial charge in [-0.25, -0.2) is 0 Å². The van der Waals surface area contributed by atoms with Crippen LogP contribution in [0.3, 0.4) is 0 Å². The van der Waals surface area contributed by atoms with Crippen molar-refractivity contribution < 1.29 is 43.9 Å². The van der Waals surface area contributed by atoms with Gasteiger partial charge >= 0.3 is 24.2 Å². The molecule has 0 saturated carbocycles. The lowest BCUT2D eigenvalue weighted by Gasteiger charge is -2.29. The molecule has 0 heterocycles. The Morgan fingerprint density at radius 1 is 0.680 bits per heavy atom. The van der Waals surface area contributed by atoms with Crippen molar-refractivity contribution in [3.63, 3.8) is 0 Å². The Bertz CT molecular complexity index is 804. The van der Waals surface area contributed by atoms with E-state index in [0.29, 0.717) is 0 Å². The molecule has 0 N–H and O–H groups in total. The van der Waals surface area contributed by atoms with Gasteiger partial charge in [-0.15, -0.1) is 0 Å². The second kappa shape index (κ2) is 5.53. The minimum absolute atomic E-state index is 0.0613. The van der Waals surface area contributed by atoms with E-state index in [-0.39, 0.29) is 6.07 Å². The fourth-order valence-electron chi connectivity index (χ4n) is 2.26. The predicted molar refractivity (Wildman–Crippen MR) is 69.2 cm³/mol. The molecule has 11 heteroatoms. The molecular weight excluding hydrogens is 369 g/mol. The molecule has 0 aliphatic heterocycles. The largest absolute Gasteiger partial charge is 0.458 e. The molecule has 2 aromatic rings. The first kappa shape index (κ1) is 19.4. The molecule has 25 heavy (non-hydrogen) atoms. The zero-order chi connectivity index (χ0) is 19.4. The van der Waals surface area contributed by atoms with Crippen LogP contribution in [0, 0.1) is 0 Å². The number of hydrogen-bond acceptors (Lipinski definition) is 0. The summed E-state index contributed by atoms with van der Waals surface area (Å²) in [6, 6.07) is 4.14. The molecule has 0 spiro atoms. The second-order valence-electron chi connectivity index (χ2n) is 5.08. The van der Waals surface area contributed by atoms with E-state index in [0.717, 1.165) is 18.2 Å². The predicted octanol–water partition coefficient (Wildman–Crippen LogP) is 4.94. The lowest BCUT2D eigenvalue weighted by molar-refractivity contribution is -0.301. The van der Waals surface area contributed by atoms with E-state index in [2.05, 4.69) is 0 Å². The van der Waals surface area contributed by atoms with E-state index < -0.39 is 51.6 Å². The normalized spacial score (nSPS) is 14.2. The third-order valence-corrected chi connectivity index (χ3v) is 3.45. The third-order valence-electron chi connectivity index (χ3n) is 3.45. The van der Waals surface area contributed by atoms with Crippen molar-refractivity contribution in [2.75, 3.05) is 0 Å². The van der Waals surface area contributed by atoms with E-state index in [1.165, 1.54) is 6.07 Å². The van der Waals surface area contributed by atoms with Gasteiger partial charge in [0.1, 0.15) is 7.85 Å². The molecule has 134 valence electrons. The van der Waals surface area contributed by atoms with Gasteiger partial charge in [0.25, 0.3) is 0 Å². The Labute approximate surface area is 134 Å². The number of halogens is 10. The lowest BCUT2D eigenvalue weighted by Crippen LogP contribution is -2.43. The first-order valence-electron chi connectivity index (χ1n) is 6.33. The highest BCUT2D eigenvalue weighted by Gasteiger charge is 2.66. The maximum atomic E-state index is 13.7. The third kappa shape index (κ3) is 2.93. The number of hydrogen-bond donors (Lipinski definition) is 0. The van der Waals surface area contributed by atoms with Gasteiger partial charge < -0.3 is 0 Å². The average molecular weight is 374 g/mol. The van der Waals surface area contributed by atoms with E-state index >= 15 is 0 Å². The van der Waals surface area contributed by atoms with Crippen LogP contribution in [0.25, 0.3) is 10.8 Å². The van der Waals surface area contributed by atoms with E-state index in [4.69, 9.17) is 7.85 Å². The van der Waals surface area contributed by atoms with Gasteiger partial charge in [0.2, 0.25) is 0 Å². The van der Waals surface area contributed by atoms with Crippen molar-refractivity contribution in [2.24, 2.45) is 0 Å². The molecule has 0 aliphatic carbocycles. The SMILES string of the molecule is [B]c1c(C(F)(F)C(F)(F)F)c(C(F)(F)C(F)(F)F)cc2ccccc12. The van der Waals surface area contributed by atoms with Gasteiger partial charge in [-0.1, -0.05) is 29.7 Å². The maximum Gasteiger partial charge on any atom is 0.458 e.